The first-order valence-electron chi connectivity index (χ1n) is 49.5. The molecule has 2 atom stereocenters. The van der Waals surface area contributed by atoms with Gasteiger partial charge in [0.2, 0.25) is 0 Å². The van der Waals surface area contributed by atoms with E-state index in [0.29, 0.717) is 52.5 Å². The molecule has 0 amide bonds. The summed E-state index contributed by atoms with van der Waals surface area (Å²) in [6, 6.07) is 81.3. The molecule has 0 fully saturated rings. The van der Waals surface area contributed by atoms with E-state index >= 15 is 0 Å². The third-order valence-electron chi connectivity index (χ3n) is 27.0. The van der Waals surface area contributed by atoms with Gasteiger partial charge in [-0.15, -0.1) is 12.8 Å². The monoisotopic (exact) mass is 1990 g/mol. The van der Waals surface area contributed by atoms with Gasteiger partial charge in [0.05, 0.1) is 74.6 Å². The van der Waals surface area contributed by atoms with Crippen LogP contribution in [0.2, 0.25) is 0 Å². The van der Waals surface area contributed by atoms with E-state index in [4.69, 9.17) is 53.8 Å². The molecule has 0 radical (unpaired) electrons. The summed E-state index contributed by atoms with van der Waals surface area (Å²) in [4.78, 5) is 45.1. The number of esters is 2. The fraction of sp³-hybridized carbons (Fsp3) is 0.228. The lowest BCUT2D eigenvalue weighted by Crippen LogP contribution is -2.10. The molecule has 0 spiro atoms. The standard InChI is InChI=1S/C23H22O4.C17H18O3.C17H16O3.C17H18O2.C17H16O2.C15H14O3.C15H14O2.C4H6O2.C2H2/c1-14(2)22(24)26-17-10-8-16(9-11-17)18-12-13-21(27-23(25)15(3)4)20-7-5-6-19(18)20;2*1-19-12-5-3-11(4-6-12)13-8-10-16(20-2)17-14(13)7-9-15(17)18;2*1-18-13-8-6-12(7-9-13)14-10-11-17(19-2)16-5-3-4-15(14)16;16-10-3-1-9(2-4-10)11-5-7-13(17)15-12(11)6-8-14(15)18;16-11-6-4-10(5-7-11)12-8-9-15(17)14-3-1-2-13(12)14;1-3(2)4(5)6;1-2/h8-13H,1,3,5-7H2,2,4H3;3-6,8,10,15,18H,7,9H2,1-2H3;3-6,8,10H,7,9H2,1-2H3;6-11H,3-5H2,1-2H3;3,5-11H,4H2,1-2H3;1-5,7,14,16-18H,6,8H2;4-9,16-17H,1-3H2;1H2,2H3,(H,5,6);1-2H/i;;;;;;;;1D. The minimum atomic E-state index is -0.935. The normalized spacial score (nSPS) is 13.6. The number of ether oxygens (including phenoxy) is 10. The summed E-state index contributed by atoms with van der Waals surface area (Å²) in [5.74, 6) is 7.48. The van der Waals surface area contributed by atoms with E-state index in [9.17, 15) is 49.8 Å². The Morgan fingerprint density at radius 2 is 0.628 bits per heavy atom. The van der Waals surface area contributed by atoms with E-state index in [-0.39, 0.29) is 28.6 Å². The third-order valence-corrected chi connectivity index (χ3v) is 27.0. The number of aliphatic carboxylic acids is 1. The number of hydrogen-bond acceptors (Lipinski definition) is 20. The van der Waals surface area contributed by atoms with Crippen molar-refractivity contribution in [1.82, 2.24) is 0 Å². The van der Waals surface area contributed by atoms with E-state index in [1.807, 2.05) is 158 Å². The number of carbonyl (C=O) groups is 4. The van der Waals surface area contributed by atoms with Crippen LogP contribution in [0.25, 0.3) is 84.0 Å². The highest BCUT2D eigenvalue weighted by atomic mass is 16.5. The van der Waals surface area contributed by atoms with Crippen LogP contribution in [0, 0.1) is 12.8 Å². The Morgan fingerprint density at radius 1 is 0.318 bits per heavy atom. The summed E-state index contributed by atoms with van der Waals surface area (Å²) in [7, 11) is 13.4. The highest BCUT2D eigenvalue weighted by Crippen LogP contribution is 2.49. The van der Waals surface area contributed by atoms with Gasteiger partial charge in [-0.2, -0.15) is 0 Å². The molecule has 14 aromatic rings. The van der Waals surface area contributed by atoms with Gasteiger partial charge in [0.25, 0.3) is 0 Å². The zero-order valence-electron chi connectivity index (χ0n) is 86.4. The van der Waals surface area contributed by atoms with Crippen LogP contribution in [0.3, 0.4) is 0 Å². The van der Waals surface area contributed by atoms with Crippen molar-refractivity contribution in [1.29, 1.82) is 0 Å². The molecule has 7 N–H and O–H groups in total. The predicted octanol–water partition coefficient (Wildman–Crippen LogP) is 26.3. The largest absolute Gasteiger partial charge is 0.508 e. The molecule has 7 aliphatic rings. The fourth-order valence-corrected chi connectivity index (χ4v) is 19.5. The second-order valence-corrected chi connectivity index (χ2v) is 36.2. The number of phenolic OH excluding ortho intramolecular Hbond substituents is 4. The van der Waals surface area contributed by atoms with E-state index in [1.165, 1.54) is 92.1 Å². The maximum Gasteiger partial charge on any atom is 0.338 e. The predicted molar refractivity (Wildman–Crippen MR) is 583 cm³/mol. The zero-order chi connectivity index (χ0) is 107. The van der Waals surface area contributed by atoms with Crippen molar-refractivity contribution in [2.24, 2.45) is 0 Å². The number of benzene rings is 14. The second-order valence-electron chi connectivity index (χ2n) is 36.2. The first kappa shape index (κ1) is 107. The highest BCUT2D eigenvalue weighted by Gasteiger charge is 2.32. The number of fused-ring (bicyclic) bond motifs is 7. The van der Waals surface area contributed by atoms with Crippen molar-refractivity contribution in [3.8, 4) is 171 Å². The molecular formula is C127H126O21. The number of Topliss-reactive ketones (excluding diaryl/α,β-unsaturated/α-hetero) is 1. The quantitative estimate of drug-likeness (QED) is 0.0161. The van der Waals surface area contributed by atoms with Gasteiger partial charge in [0.1, 0.15) is 81.9 Å². The van der Waals surface area contributed by atoms with E-state index in [0.717, 1.165) is 202 Å². The van der Waals surface area contributed by atoms with Crippen molar-refractivity contribution >= 4 is 29.8 Å². The fourth-order valence-electron chi connectivity index (χ4n) is 19.5. The first-order valence-corrected chi connectivity index (χ1v) is 49.0. The van der Waals surface area contributed by atoms with E-state index < -0.39 is 30.1 Å². The zero-order valence-corrected chi connectivity index (χ0v) is 85.4. The van der Waals surface area contributed by atoms with Crippen LogP contribution >= 0.6 is 0 Å². The van der Waals surface area contributed by atoms with Gasteiger partial charge in [-0.1, -0.05) is 159 Å². The van der Waals surface area contributed by atoms with Gasteiger partial charge in [-0.05, 0) is 378 Å². The number of aromatic hydroxyl groups is 4. The number of carbonyl (C=O) groups excluding carboxylic acids is 3. The van der Waals surface area contributed by atoms with Crippen LogP contribution in [0.1, 0.15) is 156 Å². The minimum Gasteiger partial charge on any atom is -0.508 e. The number of rotatable bonds is 20. The Bertz CT molecular complexity index is 7170. The lowest BCUT2D eigenvalue weighted by molar-refractivity contribution is -0.133. The van der Waals surface area contributed by atoms with Gasteiger partial charge in [-0.25, -0.2) is 14.4 Å². The number of phenols is 4. The maximum absolute atomic E-state index is 12.0. The smallest absolute Gasteiger partial charge is 0.338 e. The number of carboxylic acid groups (broad SMARTS) is 1. The van der Waals surface area contributed by atoms with Crippen LogP contribution in [0.5, 0.6) is 80.5 Å². The number of aliphatic hydroxyl groups excluding tert-OH is 2. The van der Waals surface area contributed by atoms with Crippen molar-refractivity contribution in [3.63, 3.8) is 0 Å². The van der Waals surface area contributed by atoms with Crippen molar-refractivity contribution in [2.75, 3.05) is 56.9 Å². The van der Waals surface area contributed by atoms with Crippen molar-refractivity contribution < 1.29 is 104 Å². The van der Waals surface area contributed by atoms with Gasteiger partial charge < -0.3 is 83.1 Å². The molecule has 148 heavy (non-hydrogen) atoms. The number of allylic oxidation sites excluding steroid dienone is 1. The molecule has 21 nitrogen and oxygen atoms in total. The molecule has 760 valence electrons. The van der Waals surface area contributed by atoms with Crippen LogP contribution < -0.4 is 47.4 Å². The van der Waals surface area contributed by atoms with Gasteiger partial charge in [-0.3, -0.25) is 4.79 Å². The number of aliphatic hydroxyl groups is 2. The van der Waals surface area contributed by atoms with Crippen molar-refractivity contribution in [3.05, 3.63) is 375 Å². The molecule has 0 aliphatic heterocycles. The molecule has 21 rings (SSSR count). The summed E-state index contributed by atoms with van der Waals surface area (Å²) < 4.78 is 58.8. The van der Waals surface area contributed by atoms with Gasteiger partial charge in [0, 0.05) is 39.8 Å². The molecule has 14 aromatic carbocycles. The lowest BCUT2D eigenvalue weighted by Gasteiger charge is -2.14. The molecule has 2 unspecified atom stereocenters. The number of hydrogen-bond donors (Lipinski definition) is 7. The minimum absolute atomic E-state index is 0.164. The first-order chi connectivity index (χ1) is 72.0. The molecule has 0 saturated heterocycles. The van der Waals surface area contributed by atoms with Crippen molar-refractivity contribution in [2.45, 2.75) is 136 Å². The summed E-state index contributed by atoms with van der Waals surface area (Å²) in [5, 5.41) is 66.1. The number of ketones is 1. The second kappa shape index (κ2) is 51.1. The summed E-state index contributed by atoms with van der Waals surface area (Å²) in [5.41, 5.74) is 32.6. The topological polar surface area (TPSA) is 302 Å². The molecule has 0 heterocycles. The molecule has 21 heteroatoms. The maximum atomic E-state index is 12.0. The molecule has 0 bridgehead atoms. The Hall–Kier alpha value is -16.8. The SMILES string of the molecule is C=C(C)C(=O)O.C=C(C)C(=O)Oc1ccc(-c2ccc(OC(=O)C(=C)C)c3c2CCC3)cc1.COc1ccc(-c2ccc(OC)c3c2CC=C3)cc1.COc1ccc(-c2ccc(OC)c3c2CCC3)cc1.COc1ccc(-c2ccc(OC)c3c2CCC3=O)cc1.COc1ccc(-c2ccc(OC)c3c2CCC3O)cc1.Oc1ccc(-c2ccc(O)c3c2CCC3)cc1.Oc1ccc(-c2ccc(O)c3c2CCC3O)cc1.[2H]C#C. The Labute approximate surface area is 867 Å². The number of methoxy groups -OCH3 is 8. The van der Waals surface area contributed by atoms with Crippen LogP contribution in [-0.4, -0.2) is 116 Å². The lowest BCUT2D eigenvalue weighted by atomic mass is 9.96. The average molecular weight is 1990 g/mol. The number of carboxylic acids is 1. The molecule has 7 aliphatic carbocycles. The summed E-state index contributed by atoms with van der Waals surface area (Å²) in [6.07, 6.45) is 23.9. The molecule has 0 saturated carbocycles. The van der Waals surface area contributed by atoms with E-state index in [2.05, 4.69) is 86.8 Å². The molecule has 0 aromatic heterocycles. The van der Waals surface area contributed by atoms with Crippen LogP contribution in [0.4, 0.5) is 0 Å². The van der Waals surface area contributed by atoms with Gasteiger partial charge >= 0.3 is 17.9 Å². The van der Waals surface area contributed by atoms with Crippen LogP contribution in [-0.2, 0) is 78.6 Å². The Balaban J connectivity index is 0.000000143. The summed E-state index contributed by atoms with van der Waals surface area (Å²) >= 11 is 0. The Morgan fingerprint density at radius 3 is 1.03 bits per heavy atom. The van der Waals surface area contributed by atoms with E-state index in [1.54, 1.807) is 119 Å². The summed E-state index contributed by atoms with van der Waals surface area (Å²) in [6.45, 7) is 15.1. The number of terminal acetylenes is 1. The molecular weight excluding hydrogens is 1860 g/mol. The van der Waals surface area contributed by atoms with Crippen LogP contribution in [0.15, 0.2) is 297 Å². The van der Waals surface area contributed by atoms with Gasteiger partial charge in [0.15, 0.2) is 5.78 Å². The average Bonchev–Trinajstić information content (AvgIpc) is 1.64. The highest BCUT2D eigenvalue weighted by molar-refractivity contribution is 6.05. The Kier molecular flexibility index (Phi) is 36.9. The third kappa shape index (κ3) is 25.7.